The van der Waals surface area contributed by atoms with Crippen LogP contribution >= 0.6 is 0 Å². The molecule has 2 heteroatoms. The van der Waals surface area contributed by atoms with E-state index in [0.29, 0.717) is 6.04 Å². The number of aryl methyl sites for hydroxylation is 1. The van der Waals surface area contributed by atoms with E-state index < -0.39 is 0 Å². The van der Waals surface area contributed by atoms with Gasteiger partial charge in [0, 0.05) is 19.3 Å². The van der Waals surface area contributed by atoms with Crippen LogP contribution in [-0.2, 0) is 7.05 Å². The highest BCUT2D eigenvalue weighted by Crippen LogP contribution is 2.29. The molecule has 0 radical (unpaired) electrons. The number of nitrogens with one attached hydrogen (secondary N) is 1. The van der Waals surface area contributed by atoms with Gasteiger partial charge in [0.2, 0.25) is 0 Å². The summed E-state index contributed by atoms with van der Waals surface area (Å²) in [6.07, 6.45) is 4.71. The number of para-hydroxylation sites is 1. The molecule has 1 aliphatic heterocycles. The topological polar surface area (TPSA) is 17.0 Å². The standard InChI is InChI=1S/C13H16N2/c1-15-9-7-10-4-2-5-11(13(10)15)12-6-3-8-14-12/h2,4-5,7,9,12,14H,3,6,8H2,1H3/t12-/m0/s1. The quantitative estimate of drug-likeness (QED) is 0.748. The van der Waals surface area contributed by atoms with Crippen LogP contribution in [0.15, 0.2) is 30.5 Å². The van der Waals surface area contributed by atoms with Gasteiger partial charge in [-0.05, 0) is 36.4 Å². The Labute approximate surface area is 89.9 Å². The molecule has 1 N–H and O–H groups in total. The number of benzene rings is 1. The number of nitrogens with zero attached hydrogens (tertiary/aromatic N) is 1. The van der Waals surface area contributed by atoms with Crippen molar-refractivity contribution >= 4 is 10.9 Å². The highest BCUT2D eigenvalue weighted by molar-refractivity contribution is 5.83. The Balaban J connectivity index is 2.19. The number of rotatable bonds is 1. The largest absolute Gasteiger partial charge is 0.350 e. The normalized spacial score (nSPS) is 21.3. The Hall–Kier alpha value is -1.28. The van der Waals surface area contributed by atoms with E-state index in [2.05, 4.69) is 47.4 Å². The second kappa shape index (κ2) is 3.38. The predicted molar refractivity (Wildman–Crippen MR) is 62.9 cm³/mol. The SMILES string of the molecule is Cn1ccc2cccc([C@@H]3CCCN3)c21. The molecule has 2 nitrogen and oxygen atoms in total. The lowest BCUT2D eigenvalue weighted by atomic mass is 10.0. The summed E-state index contributed by atoms with van der Waals surface area (Å²) in [5, 5.41) is 4.92. The molecular formula is C13H16N2. The van der Waals surface area contributed by atoms with Gasteiger partial charge in [-0.3, -0.25) is 0 Å². The Morgan fingerprint density at radius 1 is 1.33 bits per heavy atom. The first-order valence-electron chi connectivity index (χ1n) is 5.63. The van der Waals surface area contributed by atoms with E-state index >= 15 is 0 Å². The van der Waals surface area contributed by atoms with Gasteiger partial charge in [-0.25, -0.2) is 0 Å². The minimum atomic E-state index is 0.558. The summed E-state index contributed by atoms with van der Waals surface area (Å²) in [5.41, 5.74) is 2.84. The number of hydrogen-bond donors (Lipinski definition) is 1. The van der Waals surface area contributed by atoms with Crippen LogP contribution < -0.4 is 5.32 Å². The maximum absolute atomic E-state index is 3.57. The third-order valence-electron chi connectivity index (χ3n) is 3.36. The third-order valence-corrected chi connectivity index (χ3v) is 3.36. The van der Waals surface area contributed by atoms with Crippen molar-refractivity contribution in [3.8, 4) is 0 Å². The van der Waals surface area contributed by atoms with Crippen molar-refractivity contribution in [1.29, 1.82) is 0 Å². The average Bonchev–Trinajstić information content (AvgIpc) is 2.88. The molecule has 0 saturated carbocycles. The number of fused-ring (bicyclic) bond motifs is 1. The van der Waals surface area contributed by atoms with E-state index in [0.717, 1.165) is 6.54 Å². The Morgan fingerprint density at radius 3 is 3.07 bits per heavy atom. The number of hydrogen-bond acceptors (Lipinski definition) is 1. The van der Waals surface area contributed by atoms with Crippen LogP contribution in [0.3, 0.4) is 0 Å². The highest BCUT2D eigenvalue weighted by atomic mass is 15.0. The van der Waals surface area contributed by atoms with Crippen LogP contribution in [0, 0.1) is 0 Å². The van der Waals surface area contributed by atoms with E-state index in [4.69, 9.17) is 0 Å². The van der Waals surface area contributed by atoms with Crippen LogP contribution in [-0.4, -0.2) is 11.1 Å². The third kappa shape index (κ3) is 1.37. The van der Waals surface area contributed by atoms with E-state index in [1.165, 1.54) is 29.3 Å². The smallest absolute Gasteiger partial charge is 0.0526 e. The van der Waals surface area contributed by atoms with E-state index in [1.54, 1.807) is 0 Å². The van der Waals surface area contributed by atoms with Gasteiger partial charge < -0.3 is 9.88 Å². The molecule has 0 unspecified atom stereocenters. The molecule has 1 atom stereocenters. The molecule has 0 bridgehead atoms. The maximum atomic E-state index is 3.57. The van der Waals surface area contributed by atoms with Gasteiger partial charge in [0.1, 0.15) is 0 Å². The molecule has 0 aliphatic carbocycles. The first-order valence-corrected chi connectivity index (χ1v) is 5.63. The summed E-state index contributed by atoms with van der Waals surface area (Å²) >= 11 is 0. The average molecular weight is 200 g/mol. The van der Waals surface area contributed by atoms with Gasteiger partial charge in [-0.1, -0.05) is 18.2 Å². The molecule has 78 valence electrons. The van der Waals surface area contributed by atoms with Crippen molar-refractivity contribution in [2.75, 3.05) is 6.54 Å². The van der Waals surface area contributed by atoms with Crippen molar-refractivity contribution in [2.45, 2.75) is 18.9 Å². The first kappa shape index (κ1) is 8.98. The van der Waals surface area contributed by atoms with Gasteiger partial charge in [0.15, 0.2) is 0 Å². The van der Waals surface area contributed by atoms with Gasteiger partial charge in [0.25, 0.3) is 0 Å². The molecule has 2 aromatic rings. The zero-order valence-corrected chi connectivity index (χ0v) is 9.03. The zero-order chi connectivity index (χ0) is 10.3. The molecule has 1 saturated heterocycles. The van der Waals surface area contributed by atoms with Crippen molar-refractivity contribution in [1.82, 2.24) is 9.88 Å². The second-order valence-corrected chi connectivity index (χ2v) is 4.36. The molecular weight excluding hydrogens is 184 g/mol. The van der Waals surface area contributed by atoms with Crippen molar-refractivity contribution < 1.29 is 0 Å². The zero-order valence-electron chi connectivity index (χ0n) is 9.03. The lowest BCUT2D eigenvalue weighted by molar-refractivity contribution is 0.649. The summed E-state index contributed by atoms with van der Waals surface area (Å²) in [5.74, 6) is 0. The lowest BCUT2D eigenvalue weighted by Gasteiger charge is -2.13. The summed E-state index contributed by atoms with van der Waals surface area (Å²) in [6, 6.07) is 9.35. The monoisotopic (exact) mass is 200 g/mol. The molecule has 15 heavy (non-hydrogen) atoms. The fourth-order valence-electron chi connectivity index (χ4n) is 2.62. The van der Waals surface area contributed by atoms with Gasteiger partial charge in [0.05, 0.1) is 5.52 Å². The molecule has 0 spiro atoms. The molecule has 0 amide bonds. The van der Waals surface area contributed by atoms with Gasteiger partial charge in [-0.15, -0.1) is 0 Å². The van der Waals surface area contributed by atoms with Crippen molar-refractivity contribution in [3.05, 3.63) is 36.0 Å². The molecule has 1 fully saturated rings. The Kier molecular flexibility index (Phi) is 2.03. The molecule has 2 heterocycles. The van der Waals surface area contributed by atoms with Crippen molar-refractivity contribution in [2.24, 2.45) is 7.05 Å². The minimum absolute atomic E-state index is 0.558. The lowest BCUT2D eigenvalue weighted by Crippen LogP contribution is -2.13. The summed E-state index contributed by atoms with van der Waals surface area (Å²) in [4.78, 5) is 0. The summed E-state index contributed by atoms with van der Waals surface area (Å²) in [7, 11) is 2.13. The fourth-order valence-corrected chi connectivity index (χ4v) is 2.62. The summed E-state index contributed by atoms with van der Waals surface area (Å²) in [6.45, 7) is 1.16. The fraction of sp³-hybridized carbons (Fsp3) is 0.385. The molecule has 1 aromatic heterocycles. The maximum Gasteiger partial charge on any atom is 0.0526 e. The van der Waals surface area contributed by atoms with Crippen LogP contribution in [0.25, 0.3) is 10.9 Å². The number of aromatic nitrogens is 1. The minimum Gasteiger partial charge on any atom is -0.350 e. The Morgan fingerprint density at radius 2 is 2.27 bits per heavy atom. The molecule has 1 aliphatic rings. The van der Waals surface area contributed by atoms with Crippen LogP contribution in [0.2, 0.25) is 0 Å². The highest BCUT2D eigenvalue weighted by Gasteiger charge is 2.18. The van der Waals surface area contributed by atoms with Crippen LogP contribution in [0.5, 0.6) is 0 Å². The van der Waals surface area contributed by atoms with E-state index in [-0.39, 0.29) is 0 Å². The Bertz CT molecular complexity index is 478. The van der Waals surface area contributed by atoms with E-state index in [1.807, 2.05) is 0 Å². The molecule has 1 aromatic carbocycles. The van der Waals surface area contributed by atoms with Crippen molar-refractivity contribution in [3.63, 3.8) is 0 Å². The van der Waals surface area contributed by atoms with Crippen LogP contribution in [0.1, 0.15) is 24.4 Å². The van der Waals surface area contributed by atoms with Gasteiger partial charge in [-0.2, -0.15) is 0 Å². The van der Waals surface area contributed by atoms with Crippen LogP contribution in [0.4, 0.5) is 0 Å². The first-order chi connectivity index (χ1) is 7.36. The summed E-state index contributed by atoms with van der Waals surface area (Å²) < 4.78 is 2.23. The second-order valence-electron chi connectivity index (χ2n) is 4.36. The predicted octanol–water partition coefficient (Wildman–Crippen LogP) is 2.60. The van der Waals surface area contributed by atoms with E-state index in [9.17, 15) is 0 Å². The van der Waals surface area contributed by atoms with Gasteiger partial charge >= 0.3 is 0 Å². The molecule has 3 rings (SSSR count).